The van der Waals surface area contributed by atoms with Crippen molar-refractivity contribution < 1.29 is 4.79 Å². The van der Waals surface area contributed by atoms with E-state index in [-0.39, 0.29) is 5.91 Å². The Balaban J connectivity index is 1.75. The normalized spacial score (nSPS) is 11.0. The standard InChI is InChI=1S/C16H19N5OS/c1-3-5-6-14(22)17-12-9-7-11(8-10-12)15-20-21-13(4-2)18-19-16(21)23-15/h7-10H,3-6H2,1-2H3,(H,17,22). The van der Waals surface area contributed by atoms with E-state index in [1.807, 2.05) is 31.2 Å². The van der Waals surface area contributed by atoms with E-state index in [4.69, 9.17) is 0 Å². The first-order chi connectivity index (χ1) is 11.2. The molecular weight excluding hydrogens is 310 g/mol. The summed E-state index contributed by atoms with van der Waals surface area (Å²) in [6.45, 7) is 4.11. The van der Waals surface area contributed by atoms with Gasteiger partial charge in [-0.15, -0.1) is 10.2 Å². The number of amides is 1. The van der Waals surface area contributed by atoms with Crippen LogP contribution in [0.3, 0.4) is 0 Å². The number of aromatic nitrogens is 4. The van der Waals surface area contributed by atoms with Crippen LogP contribution in [0.1, 0.15) is 38.9 Å². The van der Waals surface area contributed by atoms with Gasteiger partial charge in [0.1, 0.15) is 5.01 Å². The summed E-state index contributed by atoms with van der Waals surface area (Å²) in [5.74, 6) is 0.924. The Morgan fingerprint density at radius 3 is 2.70 bits per heavy atom. The van der Waals surface area contributed by atoms with Crippen molar-refractivity contribution in [2.45, 2.75) is 39.5 Å². The van der Waals surface area contributed by atoms with E-state index in [0.717, 1.165) is 46.3 Å². The zero-order chi connectivity index (χ0) is 16.2. The molecule has 1 N–H and O–H groups in total. The van der Waals surface area contributed by atoms with Gasteiger partial charge in [0.25, 0.3) is 0 Å². The largest absolute Gasteiger partial charge is 0.326 e. The molecule has 1 amide bonds. The van der Waals surface area contributed by atoms with Crippen LogP contribution < -0.4 is 5.32 Å². The van der Waals surface area contributed by atoms with Crippen LogP contribution in [0.25, 0.3) is 15.5 Å². The van der Waals surface area contributed by atoms with Gasteiger partial charge in [-0.2, -0.15) is 9.61 Å². The van der Waals surface area contributed by atoms with E-state index in [0.29, 0.717) is 6.42 Å². The highest BCUT2D eigenvalue weighted by Crippen LogP contribution is 2.26. The molecule has 0 radical (unpaired) electrons. The molecule has 0 unspecified atom stereocenters. The molecule has 0 aliphatic rings. The molecule has 1 aromatic carbocycles. The minimum atomic E-state index is 0.0611. The second kappa shape index (κ2) is 6.87. The molecule has 2 aromatic heterocycles. The van der Waals surface area contributed by atoms with Gasteiger partial charge < -0.3 is 5.32 Å². The number of hydrogen-bond donors (Lipinski definition) is 1. The molecule has 7 heteroatoms. The predicted octanol–water partition coefficient (Wildman–Crippen LogP) is 3.54. The molecule has 2 heterocycles. The van der Waals surface area contributed by atoms with Gasteiger partial charge in [0, 0.05) is 24.1 Å². The average Bonchev–Trinajstić information content (AvgIpc) is 3.14. The van der Waals surface area contributed by atoms with E-state index in [1.165, 1.54) is 11.3 Å². The van der Waals surface area contributed by atoms with Crippen molar-refractivity contribution in [3.05, 3.63) is 30.1 Å². The van der Waals surface area contributed by atoms with Crippen LogP contribution in [0.2, 0.25) is 0 Å². The molecule has 3 rings (SSSR count). The van der Waals surface area contributed by atoms with Crippen molar-refractivity contribution in [3.8, 4) is 10.6 Å². The van der Waals surface area contributed by atoms with Crippen LogP contribution in [-0.4, -0.2) is 25.7 Å². The number of rotatable bonds is 6. The zero-order valence-corrected chi connectivity index (χ0v) is 14.1. The number of hydrogen-bond acceptors (Lipinski definition) is 5. The van der Waals surface area contributed by atoms with Crippen LogP contribution in [0.4, 0.5) is 5.69 Å². The van der Waals surface area contributed by atoms with Gasteiger partial charge in [-0.3, -0.25) is 4.79 Å². The maximum Gasteiger partial charge on any atom is 0.234 e. The smallest absolute Gasteiger partial charge is 0.234 e. The zero-order valence-electron chi connectivity index (χ0n) is 13.2. The van der Waals surface area contributed by atoms with Crippen LogP contribution in [0, 0.1) is 0 Å². The SMILES string of the molecule is CCCCC(=O)Nc1ccc(-c2nn3c(CC)nnc3s2)cc1. The van der Waals surface area contributed by atoms with Crippen molar-refractivity contribution in [1.29, 1.82) is 0 Å². The summed E-state index contributed by atoms with van der Waals surface area (Å²) in [5, 5.41) is 16.6. The Morgan fingerprint density at radius 2 is 2.00 bits per heavy atom. The van der Waals surface area contributed by atoms with Crippen LogP contribution in [0.15, 0.2) is 24.3 Å². The minimum absolute atomic E-state index is 0.0611. The molecule has 0 spiro atoms. The van der Waals surface area contributed by atoms with Crippen molar-refractivity contribution >= 4 is 27.9 Å². The molecule has 0 fully saturated rings. The lowest BCUT2D eigenvalue weighted by molar-refractivity contribution is -0.116. The summed E-state index contributed by atoms with van der Waals surface area (Å²) >= 11 is 1.51. The summed E-state index contributed by atoms with van der Waals surface area (Å²) in [6, 6.07) is 7.74. The molecule has 3 aromatic rings. The maximum atomic E-state index is 11.7. The highest BCUT2D eigenvalue weighted by Gasteiger charge is 2.11. The Kier molecular flexibility index (Phi) is 4.66. The fraction of sp³-hybridized carbons (Fsp3) is 0.375. The molecule has 0 atom stereocenters. The number of carbonyl (C=O) groups is 1. The lowest BCUT2D eigenvalue weighted by Gasteiger charge is -2.05. The summed E-state index contributed by atoms with van der Waals surface area (Å²) < 4.78 is 1.79. The quantitative estimate of drug-likeness (QED) is 0.751. The Hall–Kier alpha value is -2.28. The fourth-order valence-corrected chi connectivity index (χ4v) is 3.12. The van der Waals surface area contributed by atoms with Gasteiger partial charge in [-0.1, -0.05) is 31.6 Å². The topological polar surface area (TPSA) is 72.2 Å². The molecule has 0 saturated carbocycles. The monoisotopic (exact) mass is 329 g/mol. The van der Waals surface area contributed by atoms with E-state index >= 15 is 0 Å². The van der Waals surface area contributed by atoms with Crippen LogP contribution >= 0.6 is 11.3 Å². The lowest BCUT2D eigenvalue weighted by Crippen LogP contribution is -2.10. The number of nitrogens with zero attached hydrogens (tertiary/aromatic N) is 4. The van der Waals surface area contributed by atoms with Crippen LogP contribution in [-0.2, 0) is 11.2 Å². The van der Waals surface area contributed by atoms with Crippen molar-refractivity contribution in [2.24, 2.45) is 0 Å². The number of benzene rings is 1. The Labute approximate surface area is 138 Å². The summed E-state index contributed by atoms with van der Waals surface area (Å²) in [7, 11) is 0. The first-order valence-electron chi connectivity index (χ1n) is 7.82. The summed E-state index contributed by atoms with van der Waals surface area (Å²) in [5.41, 5.74) is 1.82. The van der Waals surface area contributed by atoms with Crippen molar-refractivity contribution in [3.63, 3.8) is 0 Å². The molecule has 6 nitrogen and oxygen atoms in total. The maximum absolute atomic E-state index is 11.7. The number of nitrogens with one attached hydrogen (secondary N) is 1. The Morgan fingerprint density at radius 1 is 1.22 bits per heavy atom. The van der Waals surface area contributed by atoms with Crippen molar-refractivity contribution in [1.82, 2.24) is 19.8 Å². The summed E-state index contributed by atoms with van der Waals surface area (Å²) in [6.07, 6.45) is 3.30. The van der Waals surface area contributed by atoms with Gasteiger partial charge in [-0.05, 0) is 30.7 Å². The third-order valence-corrected chi connectivity index (χ3v) is 4.49. The number of carbonyl (C=O) groups excluding carboxylic acids is 1. The molecule has 0 saturated heterocycles. The first-order valence-corrected chi connectivity index (χ1v) is 8.64. The molecule has 120 valence electrons. The predicted molar refractivity (Wildman–Crippen MR) is 91.6 cm³/mol. The lowest BCUT2D eigenvalue weighted by atomic mass is 10.2. The third-order valence-electron chi connectivity index (χ3n) is 3.54. The second-order valence-corrected chi connectivity index (χ2v) is 6.26. The van der Waals surface area contributed by atoms with Gasteiger partial charge >= 0.3 is 0 Å². The highest BCUT2D eigenvalue weighted by atomic mass is 32.1. The number of aryl methyl sites for hydroxylation is 1. The summed E-state index contributed by atoms with van der Waals surface area (Å²) in [4.78, 5) is 12.5. The molecule has 0 aliphatic heterocycles. The molecular formula is C16H19N5OS. The number of unbranched alkanes of at least 4 members (excludes halogenated alkanes) is 1. The van der Waals surface area contributed by atoms with Gasteiger partial charge in [-0.25, -0.2) is 0 Å². The fourth-order valence-electron chi connectivity index (χ4n) is 2.25. The number of anilines is 1. The van der Waals surface area contributed by atoms with E-state index in [1.54, 1.807) is 4.52 Å². The van der Waals surface area contributed by atoms with E-state index in [9.17, 15) is 4.79 Å². The van der Waals surface area contributed by atoms with Gasteiger partial charge in [0.15, 0.2) is 5.82 Å². The van der Waals surface area contributed by atoms with E-state index < -0.39 is 0 Å². The third kappa shape index (κ3) is 3.39. The molecule has 0 aliphatic carbocycles. The number of fused-ring (bicyclic) bond motifs is 1. The molecule has 23 heavy (non-hydrogen) atoms. The average molecular weight is 329 g/mol. The van der Waals surface area contributed by atoms with Gasteiger partial charge in [0.2, 0.25) is 10.9 Å². The Bertz CT molecular complexity index is 806. The van der Waals surface area contributed by atoms with Gasteiger partial charge in [0.05, 0.1) is 0 Å². The van der Waals surface area contributed by atoms with Crippen LogP contribution in [0.5, 0.6) is 0 Å². The second-order valence-electron chi connectivity index (χ2n) is 5.30. The van der Waals surface area contributed by atoms with Crippen molar-refractivity contribution in [2.75, 3.05) is 5.32 Å². The van der Waals surface area contributed by atoms with E-state index in [2.05, 4.69) is 27.5 Å². The highest BCUT2D eigenvalue weighted by molar-refractivity contribution is 7.19. The molecule has 0 bridgehead atoms. The minimum Gasteiger partial charge on any atom is -0.326 e. The first kappa shape index (κ1) is 15.6.